The summed E-state index contributed by atoms with van der Waals surface area (Å²) in [4.78, 5) is 13.9. The van der Waals surface area contributed by atoms with Gasteiger partial charge in [0.2, 0.25) is 5.95 Å². The molecule has 3 rings (SSSR count). The van der Waals surface area contributed by atoms with Gasteiger partial charge in [-0.1, -0.05) is 19.1 Å². The maximum atomic E-state index is 4.70. The Morgan fingerprint density at radius 3 is 2.61 bits per heavy atom. The molecule has 1 N–H and O–H groups in total. The zero-order valence-corrected chi connectivity index (χ0v) is 14.2. The maximum Gasteiger partial charge on any atom is 0.229 e. The Labute approximate surface area is 138 Å². The summed E-state index contributed by atoms with van der Waals surface area (Å²) >= 11 is 0. The number of anilines is 3. The molecule has 1 saturated heterocycles. The van der Waals surface area contributed by atoms with Crippen molar-refractivity contribution in [3.63, 3.8) is 0 Å². The van der Waals surface area contributed by atoms with Crippen LogP contribution in [0.2, 0.25) is 0 Å². The maximum absolute atomic E-state index is 4.70. The van der Waals surface area contributed by atoms with Gasteiger partial charge in [0.05, 0.1) is 0 Å². The van der Waals surface area contributed by atoms with Gasteiger partial charge < -0.3 is 15.1 Å². The van der Waals surface area contributed by atoms with E-state index in [1.165, 1.54) is 11.1 Å². The molecule has 0 saturated carbocycles. The molecule has 1 aromatic carbocycles. The predicted octanol–water partition coefficient (Wildman–Crippen LogP) is 2.98. The lowest BCUT2D eigenvalue weighted by atomic mass is 10.1. The molecule has 0 atom stereocenters. The average molecular weight is 311 g/mol. The first-order chi connectivity index (χ1) is 11.2. The fraction of sp³-hybridized carbons (Fsp3) is 0.444. The summed E-state index contributed by atoms with van der Waals surface area (Å²) < 4.78 is 0. The smallest absolute Gasteiger partial charge is 0.229 e. The summed E-state index contributed by atoms with van der Waals surface area (Å²) in [6.07, 6.45) is 1.84. The number of nitrogens with one attached hydrogen (secondary N) is 1. The monoisotopic (exact) mass is 311 g/mol. The minimum Gasteiger partial charge on any atom is -0.354 e. The van der Waals surface area contributed by atoms with Crippen LogP contribution in [0.1, 0.15) is 18.1 Å². The molecule has 5 heteroatoms. The number of hydrogen-bond donors (Lipinski definition) is 1. The lowest BCUT2D eigenvalue weighted by Crippen LogP contribution is -2.46. The molecule has 1 aliphatic heterocycles. The summed E-state index contributed by atoms with van der Waals surface area (Å²) in [5.41, 5.74) is 3.49. The molecular formula is C18H25N5. The van der Waals surface area contributed by atoms with E-state index in [1.807, 2.05) is 12.3 Å². The van der Waals surface area contributed by atoms with Crippen LogP contribution in [0, 0.1) is 13.8 Å². The Bertz CT molecular complexity index is 662. The second-order valence-electron chi connectivity index (χ2n) is 6.10. The zero-order chi connectivity index (χ0) is 16.2. The summed E-state index contributed by atoms with van der Waals surface area (Å²) in [6.45, 7) is 11.8. The first kappa shape index (κ1) is 15.7. The van der Waals surface area contributed by atoms with Crippen LogP contribution < -0.4 is 10.2 Å². The molecule has 0 unspecified atom stereocenters. The minimum atomic E-state index is 0.661. The lowest BCUT2D eigenvalue weighted by molar-refractivity contribution is 0.270. The van der Waals surface area contributed by atoms with E-state index in [1.54, 1.807) is 0 Å². The Hall–Kier alpha value is -2.14. The Kier molecular flexibility index (Phi) is 4.76. The van der Waals surface area contributed by atoms with Crippen molar-refractivity contribution in [2.24, 2.45) is 0 Å². The van der Waals surface area contributed by atoms with Crippen LogP contribution >= 0.6 is 0 Å². The van der Waals surface area contributed by atoms with Gasteiger partial charge in [-0.15, -0.1) is 0 Å². The number of aryl methyl sites for hydroxylation is 2. The quantitative estimate of drug-likeness (QED) is 0.940. The summed E-state index contributed by atoms with van der Waals surface area (Å²) in [7, 11) is 0. The highest BCUT2D eigenvalue weighted by molar-refractivity contribution is 5.60. The molecule has 2 aromatic rings. The molecule has 0 bridgehead atoms. The lowest BCUT2D eigenvalue weighted by Gasteiger charge is -2.34. The van der Waals surface area contributed by atoms with E-state index < -0.39 is 0 Å². The third kappa shape index (κ3) is 3.79. The Balaban J connectivity index is 1.74. The highest BCUT2D eigenvalue weighted by Gasteiger charge is 2.17. The van der Waals surface area contributed by atoms with E-state index in [0.29, 0.717) is 5.95 Å². The van der Waals surface area contributed by atoms with Crippen LogP contribution in [0.5, 0.6) is 0 Å². The van der Waals surface area contributed by atoms with E-state index in [2.05, 4.69) is 59.1 Å². The highest BCUT2D eigenvalue weighted by atomic mass is 15.3. The first-order valence-electron chi connectivity index (χ1n) is 8.30. The molecule has 1 fully saturated rings. The van der Waals surface area contributed by atoms with E-state index in [0.717, 1.165) is 44.2 Å². The average Bonchev–Trinajstić information content (AvgIpc) is 2.58. The Morgan fingerprint density at radius 1 is 1.09 bits per heavy atom. The van der Waals surface area contributed by atoms with E-state index >= 15 is 0 Å². The number of rotatable bonds is 4. The van der Waals surface area contributed by atoms with Crippen molar-refractivity contribution in [2.45, 2.75) is 20.8 Å². The summed E-state index contributed by atoms with van der Waals surface area (Å²) in [5.74, 6) is 1.66. The second kappa shape index (κ2) is 6.96. The van der Waals surface area contributed by atoms with Gasteiger partial charge in [-0.3, -0.25) is 0 Å². The predicted molar refractivity (Wildman–Crippen MR) is 95.6 cm³/mol. The van der Waals surface area contributed by atoms with Gasteiger partial charge in [-0.05, 0) is 43.7 Å². The molecule has 0 radical (unpaired) electrons. The number of aromatic nitrogens is 2. The van der Waals surface area contributed by atoms with Gasteiger partial charge in [-0.2, -0.15) is 4.98 Å². The van der Waals surface area contributed by atoms with Crippen molar-refractivity contribution in [1.29, 1.82) is 0 Å². The minimum absolute atomic E-state index is 0.661. The van der Waals surface area contributed by atoms with Crippen molar-refractivity contribution in [1.82, 2.24) is 14.9 Å². The van der Waals surface area contributed by atoms with Crippen molar-refractivity contribution < 1.29 is 0 Å². The van der Waals surface area contributed by atoms with Gasteiger partial charge in [0, 0.05) is 38.1 Å². The van der Waals surface area contributed by atoms with Crippen LogP contribution in [0.3, 0.4) is 0 Å². The fourth-order valence-electron chi connectivity index (χ4n) is 2.87. The molecule has 0 amide bonds. The van der Waals surface area contributed by atoms with E-state index in [4.69, 9.17) is 4.98 Å². The topological polar surface area (TPSA) is 44.3 Å². The van der Waals surface area contributed by atoms with Gasteiger partial charge in [0.25, 0.3) is 0 Å². The number of likely N-dealkylation sites (N-methyl/N-ethyl adjacent to an activating group) is 1. The van der Waals surface area contributed by atoms with Crippen LogP contribution in [-0.2, 0) is 0 Å². The zero-order valence-electron chi connectivity index (χ0n) is 14.2. The van der Waals surface area contributed by atoms with E-state index in [-0.39, 0.29) is 0 Å². The first-order valence-corrected chi connectivity index (χ1v) is 8.30. The van der Waals surface area contributed by atoms with Gasteiger partial charge in [0.15, 0.2) is 0 Å². The molecular weight excluding hydrogens is 286 g/mol. The van der Waals surface area contributed by atoms with Gasteiger partial charge >= 0.3 is 0 Å². The fourth-order valence-corrected chi connectivity index (χ4v) is 2.87. The molecule has 1 aromatic heterocycles. The third-order valence-corrected chi connectivity index (χ3v) is 4.42. The van der Waals surface area contributed by atoms with Gasteiger partial charge in [-0.25, -0.2) is 4.98 Å². The summed E-state index contributed by atoms with van der Waals surface area (Å²) in [6, 6.07) is 8.36. The molecule has 122 valence electrons. The van der Waals surface area contributed by atoms with Crippen molar-refractivity contribution in [2.75, 3.05) is 42.9 Å². The SMILES string of the molecule is CCN1CCN(c2ccnc(Nc3cc(C)ccc3C)n2)CC1. The summed E-state index contributed by atoms with van der Waals surface area (Å²) in [5, 5.41) is 3.35. The number of nitrogens with zero attached hydrogens (tertiary/aromatic N) is 4. The number of benzene rings is 1. The van der Waals surface area contributed by atoms with Crippen LogP contribution in [0.25, 0.3) is 0 Å². The number of hydrogen-bond acceptors (Lipinski definition) is 5. The molecule has 1 aliphatic rings. The van der Waals surface area contributed by atoms with Crippen molar-refractivity contribution >= 4 is 17.5 Å². The molecule has 23 heavy (non-hydrogen) atoms. The standard InChI is InChI=1S/C18H25N5/c1-4-22-9-11-23(12-10-22)17-7-8-19-18(21-17)20-16-13-14(2)5-6-15(16)3/h5-8,13H,4,9-12H2,1-3H3,(H,19,20,21). The van der Waals surface area contributed by atoms with Crippen molar-refractivity contribution in [3.8, 4) is 0 Å². The molecule has 5 nitrogen and oxygen atoms in total. The van der Waals surface area contributed by atoms with Gasteiger partial charge in [0.1, 0.15) is 5.82 Å². The molecule has 0 aliphatic carbocycles. The third-order valence-electron chi connectivity index (χ3n) is 4.42. The Morgan fingerprint density at radius 2 is 1.87 bits per heavy atom. The van der Waals surface area contributed by atoms with Crippen molar-refractivity contribution in [3.05, 3.63) is 41.6 Å². The highest BCUT2D eigenvalue weighted by Crippen LogP contribution is 2.21. The van der Waals surface area contributed by atoms with E-state index in [9.17, 15) is 0 Å². The van der Waals surface area contributed by atoms with Crippen LogP contribution in [-0.4, -0.2) is 47.6 Å². The van der Waals surface area contributed by atoms with Crippen LogP contribution in [0.15, 0.2) is 30.5 Å². The molecule has 0 spiro atoms. The largest absolute Gasteiger partial charge is 0.354 e. The molecule has 2 heterocycles. The van der Waals surface area contributed by atoms with Crippen LogP contribution in [0.4, 0.5) is 17.5 Å². The second-order valence-corrected chi connectivity index (χ2v) is 6.10. The normalized spacial score (nSPS) is 15.7. The number of piperazine rings is 1.